The Balaban J connectivity index is 1.55. The summed E-state index contributed by atoms with van der Waals surface area (Å²) in [5.74, 6) is -3.68. The Kier molecular flexibility index (Phi) is 8.19. The second kappa shape index (κ2) is 11.7. The van der Waals surface area contributed by atoms with Crippen molar-refractivity contribution in [3.8, 4) is 5.75 Å². The molecule has 0 aliphatic carbocycles. The molecule has 0 radical (unpaired) electrons. The minimum absolute atomic E-state index is 0.0149. The SMILES string of the molecule is C=C[C@H]1[C@@H](O[C@@H]2O[C@H](CO)[C@@H](O)[C@H](O)[C@H]2O)OC=C(C(=O)OC)[C@@H]1Cc1nc(C(=O)O)cc2c1[nH]c1ccc(O)cc12. The summed E-state index contributed by atoms with van der Waals surface area (Å²) in [7, 11) is 1.19. The van der Waals surface area contributed by atoms with Crippen LogP contribution in [0, 0.1) is 11.8 Å². The number of hydrogen-bond donors (Lipinski definition) is 7. The van der Waals surface area contributed by atoms with Crippen LogP contribution in [0.2, 0.25) is 0 Å². The lowest BCUT2D eigenvalue weighted by Crippen LogP contribution is -2.60. The number of aromatic carboxylic acids is 1. The quantitative estimate of drug-likeness (QED) is 0.140. The number of aromatic hydroxyl groups is 1. The van der Waals surface area contributed by atoms with Gasteiger partial charge in [0.25, 0.3) is 0 Å². The van der Waals surface area contributed by atoms with E-state index in [1.54, 1.807) is 6.07 Å². The van der Waals surface area contributed by atoms with Gasteiger partial charge >= 0.3 is 11.9 Å². The topological polar surface area (TPSA) is 221 Å². The first kappa shape index (κ1) is 29.4. The Morgan fingerprint density at radius 1 is 1.12 bits per heavy atom. The van der Waals surface area contributed by atoms with Crippen molar-refractivity contribution in [2.45, 2.75) is 43.4 Å². The van der Waals surface area contributed by atoms with Crippen molar-refractivity contribution in [1.82, 2.24) is 9.97 Å². The highest BCUT2D eigenvalue weighted by Gasteiger charge is 2.47. The van der Waals surface area contributed by atoms with E-state index in [9.17, 15) is 40.2 Å². The number of pyridine rings is 1. The van der Waals surface area contributed by atoms with E-state index in [4.69, 9.17) is 18.9 Å². The van der Waals surface area contributed by atoms with Gasteiger partial charge in [0.15, 0.2) is 6.29 Å². The molecule has 14 heteroatoms. The fourth-order valence-corrected chi connectivity index (χ4v) is 5.40. The molecule has 1 fully saturated rings. The van der Waals surface area contributed by atoms with Gasteiger partial charge in [0.1, 0.15) is 35.9 Å². The Morgan fingerprint density at radius 3 is 2.55 bits per heavy atom. The fourth-order valence-electron chi connectivity index (χ4n) is 5.40. The van der Waals surface area contributed by atoms with Crippen LogP contribution in [0.1, 0.15) is 16.2 Å². The minimum Gasteiger partial charge on any atom is -0.508 e. The van der Waals surface area contributed by atoms with Gasteiger partial charge in [-0.15, -0.1) is 6.58 Å². The largest absolute Gasteiger partial charge is 0.508 e. The number of carbonyl (C=O) groups excluding carboxylic acids is 1. The lowest BCUT2D eigenvalue weighted by molar-refractivity contribution is -0.339. The first-order valence-corrected chi connectivity index (χ1v) is 13.0. The van der Waals surface area contributed by atoms with Crippen molar-refractivity contribution in [3.05, 3.63) is 60.1 Å². The maximum absolute atomic E-state index is 12.8. The molecule has 224 valence electrons. The number of benzene rings is 1. The Labute approximate surface area is 238 Å². The molecular formula is C28H30N2O12. The van der Waals surface area contributed by atoms with Crippen LogP contribution in [0.4, 0.5) is 0 Å². The van der Waals surface area contributed by atoms with Crippen LogP contribution in [0.5, 0.6) is 5.75 Å². The van der Waals surface area contributed by atoms with Crippen molar-refractivity contribution in [3.63, 3.8) is 0 Å². The van der Waals surface area contributed by atoms with Gasteiger partial charge in [-0.25, -0.2) is 14.6 Å². The summed E-state index contributed by atoms with van der Waals surface area (Å²) in [6.45, 7) is 3.18. The number of H-pyrrole nitrogens is 1. The summed E-state index contributed by atoms with van der Waals surface area (Å²) in [5, 5.41) is 61.2. The van der Waals surface area contributed by atoms with Crippen molar-refractivity contribution in [1.29, 1.82) is 0 Å². The molecule has 8 atom stereocenters. The molecule has 0 saturated carbocycles. The summed E-state index contributed by atoms with van der Waals surface area (Å²) in [6, 6.07) is 6.00. The number of aromatic amines is 1. The van der Waals surface area contributed by atoms with E-state index in [-0.39, 0.29) is 29.1 Å². The van der Waals surface area contributed by atoms with Gasteiger partial charge in [-0.2, -0.15) is 0 Å². The molecule has 0 bridgehead atoms. The van der Waals surface area contributed by atoms with Crippen LogP contribution in [0.3, 0.4) is 0 Å². The number of phenolic OH excluding ortho intramolecular Hbond substituents is 1. The summed E-state index contributed by atoms with van der Waals surface area (Å²) in [5.41, 5.74) is 1.18. The number of ether oxygens (including phenoxy) is 4. The summed E-state index contributed by atoms with van der Waals surface area (Å²) < 4.78 is 21.9. The maximum atomic E-state index is 12.8. The molecular weight excluding hydrogens is 556 g/mol. The molecule has 2 aliphatic heterocycles. The van der Waals surface area contributed by atoms with Gasteiger partial charge in [-0.05, 0) is 30.7 Å². The lowest BCUT2D eigenvalue weighted by atomic mass is 9.80. The number of carboxylic acid groups (broad SMARTS) is 1. The van der Waals surface area contributed by atoms with E-state index >= 15 is 0 Å². The number of rotatable bonds is 8. The van der Waals surface area contributed by atoms with Crippen molar-refractivity contribution >= 4 is 33.7 Å². The third-order valence-corrected chi connectivity index (χ3v) is 7.60. The third kappa shape index (κ3) is 5.19. The van der Waals surface area contributed by atoms with Crippen LogP contribution in [-0.2, 0) is 30.2 Å². The monoisotopic (exact) mass is 586 g/mol. The van der Waals surface area contributed by atoms with E-state index < -0.39 is 67.4 Å². The molecule has 0 amide bonds. The molecule has 3 aromatic rings. The van der Waals surface area contributed by atoms with Gasteiger partial charge in [0.2, 0.25) is 6.29 Å². The zero-order valence-corrected chi connectivity index (χ0v) is 22.3. The zero-order chi connectivity index (χ0) is 30.3. The Morgan fingerprint density at radius 2 is 1.88 bits per heavy atom. The number of fused-ring (bicyclic) bond motifs is 3. The second-order valence-corrected chi connectivity index (χ2v) is 10.1. The molecule has 2 aliphatic rings. The van der Waals surface area contributed by atoms with Crippen LogP contribution < -0.4 is 0 Å². The normalized spacial score (nSPS) is 29.6. The number of esters is 1. The van der Waals surface area contributed by atoms with E-state index in [0.29, 0.717) is 21.8 Å². The summed E-state index contributed by atoms with van der Waals surface area (Å²) in [4.78, 5) is 32.4. The number of carboxylic acids is 1. The van der Waals surface area contributed by atoms with Crippen LogP contribution >= 0.6 is 0 Å². The molecule has 2 aromatic heterocycles. The molecule has 1 saturated heterocycles. The van der Waals surface area contributed by atoms with Crippen molar-refractivity contribution in [2.75, 3.05) is 13.7 Å². The molecule has 0 spiro atoms. The van der Waals surface area contributed by atoms with E-state index in [1.165, 1.54) is 31.4 Å². The minimum atomic E-state index is -1.71. The van der Waals surface area contributed by atoms with Crippen LogP contribution in [0.25, 0.3) is 21.8 Å². The lowest BCUT2D eigenvalue weighted by Gasteiger charge is -2.43. The van der Waals surface area contributed by atoms with E-state index in [1.807, 2.05) is 0 Å². The number of hydrogen-bond acceptors (Lipinski definition) is 12. The fraction of sp³-hybridized carbons (Fsp3) is 0.393. The molecule has 7 N–H and O–H groups in total. The first-order chi connectivity index (χ1) is 20.1. The first-order valence-electron chi connectivity index (χ1n) is 13.0. The van der Waals surface area contributed by atoms with E-state index in [0.717, 1.165) is 6.26 Å². The smallest absolute Gasteiger partial charge is 0.354 e. The summed E-state index contributed by atoms with van der Waals surface area (Å²) >= 11 is 0. The maximum Gasteiger partial charge on any atom is 0.354 e. The molecule has 4 heterocycles. The Hall–Kier alpha value is -4.05. The highest BCUT2D eigenvalue weighted by molar-refractivity contribution is 6.10. The number of phenols is 1. The van der Waals surface area contributed by atoms with Crippen molar-refractivity contribution in [2.24, 2.45) is 11.8 Å². The van der Waals surface area contributed by atoms with Crippen LogP contribution in [-0.4, -0.2) is 103 Å². The standard InChI is InChI=1S/C28H30N2O12/c1-3-12-13(7-18-21-15(8-19(29-18)25(36)37)14-6-11(32)4-5-17(14)30-21)16(26(38)39-2)10-40-27(12)42-28-24(35)23(34)22(33)20(9-31)41-28/h3-6,8,10,12-13,20,22-24,27-28,30-35H,1,7,9H2,2H3,(H,36,37)/t12-,13-,20-,22-,23+,24-,27-,28+/m1/s1. The number of methoxy groups -OCH3 is 1. The number of aliphatic hydroxyl groups is 4. The van der Waals surface area contributed by atoms with Gasteiger partial charge in [0.05, 0.1) is 36.8 Å². The molecule has 5 rings (SSSR count). The van der Waals surface area contributed by atoms with Gasteiger partial charge in [-0.1, -0.05) is 6.08 Å². The Bertz CT molecular complexity index is 1550. The predicted molar refractivity (Wildman–Crippen MR) is 143 cm³/mol. The molecule has 0 unspecified atom stereocenters. The third-order valence-electron chi connectivity index (χ3n) is 7.60. The van der Waals surface area contributed by atoms with Crippen LogP contribution in [0.15, 0.2) is 48.8 Å². The average molecular weight is 587 g/mol. The predicted octanol–water partition coefficient (Wildman–Crippen LogP) is 0.311. The molecule has 1 aromatic carbocycles. The highest BCUT2D eigenvalue weighted by Crippen LogP contribution is 2.39. The number of nitrogens with zero attached hydrogens (tertiary/aromatic N) is 1. The summed E-state index contributed by atoms with van der Waals surface area (Å²) in [6.07, 6.45) is -6.50. The second-order valence-electron chi connectivity index (χ2n) is 10.1. The van der Waals surface area contributed by atoms with Gasteiger partial charge in [-0.3, -0.25) is 0 Å². The van der Waals surface area contributed by atoms with Gasteiger partial charge in [0, 0.05) is 28.1 Å². The number of nitrogens with one attached hydrogen (secondary N) is 1. The molecule has 42 heavy (non-hydrogen) atoms. The zero-order valence-electron chi connectivity index (χ0n) is 22.3. The van der Waals surface area contributed by atoms with E-state index in [2.05, 4.69) is 16.5 Å². The average Bonchev–Trinajstić information content (AvgIpc) is 3.35. The highest BCUT2D eigenvalue weighted by atomic mass is 16.8. The van der Waals surface area contributed by atoms with Gasteiger partial charge < -0.3 is 54.6 Å². The molecule has 14 nitrogen and oxygen atoms in total. The van der Waals surface area contributed by atoms with Crippen molar-refractivity contribution < 1.29 is 59.2 Å². The number of aliphatic hydroxyl groups excluding tert-OH is 4. The number of aromatic nitrogens is 2. The number of carbonyl (C=O) groups is 2.